The minimum atomic E-state index is -0.881. The van der Waals surface area contributed by atoms with Gasteiger partial charge in [-0.1, -0.05) is 26.7 Å². The summed E-state index contributed by atoms with van der Waals surface area (Å²) in [6, 6.07) is -0.663. The van der Waals surface area contributed by atoms with Crippen molar-refractivity contribution in [3.8, 4) is 0 Å². The highest BCUT2D eigenvalue weighted by Gasteiger charge is 2.35. The normalized spacial score (nSPS) is 29.8. The maximum absolute atomic E-state index is 12.4. The zero-order valence-corrected chi connectivity index (χ0v) is 12.5. The van der Waals surface area contributed by atoms with Crippen LogP contribution in [0.4, 0.5) is 4.79 Å². The first kappa shape index (κ1) is 15.1. The van der Waals surface area contributed by atoms with Gasteiger partial charge in [-0.3, -0.25) is 0 Å². The Bertz CT molecular complexity index is 381. The minimum absolute atomic E-state index is 0.190. The second-order valence-corrected chi connectivity index (χ2v) is 6.95. The van der Waals surface area contributed by atoms with Gasteiger partial charge in [0.05, 0.1) is 0 Å². The number of likely N-dealkylation sites (tertiary alicyclic amines) is 1. The van der Waals surface area contributed by atoms with Crippen molar-refractivity contribution in [3.05, 3.63) is 0 Å². The van der Waals surface area contributed by atoms with E-state index in [-0.39, 0.29) is 17.5 Å². The second-order valence-electron chi connectivity index (χ2n) is 6.95. The number of carbonyl (C=O) groups is 2. The molecule has 2 N–H and O–H groups in total. The minimum Gasteiger partial charge on any atom is -0.480 e. The van der Waals surface area contributed by atoms with Crippen LogP contribution in [-0.2, 0) is 4.79 Å². The van der Waals surface area contributed by atoms with E-state index in [0.29, 0.717) is 13.0 Å². The molecule has 2 atom stereocenters. The van der Waals surface area contributed by atoms with E-state index in [1.54, 1.807) is 0 Å². The third kappa shape index (κ3) is 3.64. The number of carboxylic acid groups (broad SMARTS) is 1. The van der Waals surface area contributed by atoms with Gasteiger partial charge in [0, 0.05) is 12.6 Å². The van der Waals surface area contributed by atoms with Crippen LogP contribution in [0.3, 0.4) is 0 Å². The van der Waals surface area contributed by atoms with Crippen molar-refractivity contribution < 1.29 is 14.7 Å². The van der Waals surface area contributed by atoms with Crippen molar-refractivity contribution in [2.45, 2.75) is 70.9 Å². The molecule has 1 saturated heterocycles. The average molecular weight is 282 g/mol. The molecular weight excluding hydrogens is 256 g/mol. The maximum atomic E-state index is 12.4. The Morgan fingerprint density at radius 3 is 2.55 bits per heavy atom. The summed E-state index contributed by atoms with van der Waals surface area (Å²) in [6.07, 6.45) is 6.43. The van der Waals surface area contributed by atoms with Gasteiger partial charge >= 0.3 is 12.0 Å². The molecule has 0 spiro atoms. The van der Waals surface area contributed by atoms with Gasteiger partial charge < -0.3 is 15.3 Å². The molecule has 20 heavy (non-hydrogen) atoms. The first-order chi connectivity index (χ1) is 9.39. The number of nitrogens with zero attached hydrogens (tertiary/aromatic N) is 1. The van der Waals surface area contributed by atoms with Crippen LogP contribution >= 0.6 is 0 Å². The highest BCUT2D eigenvalue weighted by atomic mass is 16.4. The number of hydrogen-bond donors (Lipinski definition) is 2. The van der Waals surface area contributed by atoms with Gasteiger partial charge in [0.1, 0.15) is 6.04 Å². The molecule has 0 aromatic carbocycles. The molecule has 1 aliphatic carbocycles. The van der Waals surface area contributed by atoms with Crippen molar-refractivity contribution in [1.29, 1.82) is 0 Å². The van der Waals surface area contributed by atoms with Gasteiger partial charge in [0.2, 0.25) is 0 Å². The van der Waals surface area contributed by atoms with Crippen LogP contribution in [-0.4, -0.2) is 40.6 Å². The summed E-state index contributed by atoms with van der Waals surface area (Å²) in [5.74, 6) is -0.881. The van der Waals surface area contributed by atoms with E-state index in [1.807, 2.05) is 0 Å². The van der Waals surface area contributed by atoms with E-state index < -0.39 is 12.0 Å². The number of hydrogen-bond acceptors (Lipinski definition) is 2. The highest BCUT2D eigenvalue weighted by molar-refractivity contribution is 5.82. The van der Waals surface area contributed by atoms with Gasteiger partial charge in [-0.05, 0) is 37.5 Å². The number of carboxylic acids is 1. The number of amides is 2. The maximum Gasteiger partial charge on any atom is 0.326 e. The van der Waals surface area contributed by atoms with E-state index in [2.05, 4.69) is 19.2 Å². The number of rotatable bonds is 2. The number of urea groups is 1. The Hall–Kier alpha value is -1.26. The molecule has 0 aromatic heterocycles. The van der Waals surface area contributed by atoms with Crippen LogP contribution in [0.5, 0.6) is 0 Å². The monoisotopic (exact) mass is 282 g/mol. The second kappa shape index (κ2) is 6.02. The summed E-state index contributed by atoms with van der Waals surface area (Å²) in [5, 5.41) is 12.3. The van der Waals surface area contributed by atoms with E-state index in [0.717, 1.165) is 38.5 Å². The molecule has 5 heteroatoms. The molecule has 2 unspecified atom stereocenters. The van der Waals surface area contributed by atoms with E-state index in [9.17, 15) is 14.7 Å². The van der Waals surface area contributed by atoms with E-state index in [4.69, 9.17) is 0 Å². The standard InChI is InChI=1S/C15H26N2O3/c1-15(2)8-7-11(10-15)16-14(20)17-9-5-3-4-6-12(17)13(18)19/h11-12H,3-10H2,1-2H3,(H,16,20)(H,18,19). The molecule has 2 amide bonds. The Kier molecular flexibility index (Phi) is 4.55. The molecule has 0 aromatic rings. The van der Waals surface area contributed by atoms with Crippen LogP contribution in [0.15, 0.2) is 0 Å². The Morgan fingerprint density at radius 1 is 1.20 bits per heavy atom. The zero-order chi connectivity index (χ0) is 14.8. The van der Waals surface area contributed by atoms with Gasteiger partial charge in [-0.2, -0.15) is 0 Å². The Labute approximate surface area is 120 Å². The Balaban J connectivity index is 1.97. The van der Waals surface area contributed by atoms with Gasteiger partial charge in [0.15, 0.2) is 0 Å². The first-order valence-corrected chi connectivity index (χ1v) is 7.69. The zero-order valence-electron chi connectivity index (χ0n) is 12.5. The molecule has 2 fully saturated rings. The van der Waals surface area contributed by atoms with Crippen molar-refractivity contribution >= 4 is 12.0 Å². The molecule has 1 aliphatic heterocycles. The highest BCUT2D eigenvalue weighted by Crippen LogP contribution is 2.37. The lowest BCUT2D eigenvalue weighted by Gasteiger charge is -2.29. The molecule has 0 bridgehead atoms. The fourth-order valence-corrected chi connectivity index (χ4v) is 3.43. The van der Waals surface area contributed by atoms with Crippen LogP contribution in [0, 0.1) is 5.41 Å². The number of carbonyl (C=O) groups excluding carboxylic acids is 1. The molecule has 2 aliphatic rings. The van der Waals surface area contributed by atoms with Crippen molar-refractivity contribution in [3.63, 3.8) is 0 Å². The lowest BCUT2D eigenvalue weighted by Crippen LogP contribution is -2.51. The third-order valence-electron chi connectivity index (χ3n) is 4.59. The van der Waals surface area contributed by atoms with Gasteiger partial charge in [-0.15, -0.1) is 0 Å². The fourth-order valence-electron chi connectivity index (χ4n) is 3.43. The summed E-state index contributed by atoms with van der Waals surface area (Å²) in [7, 11) is 0. The van der Waals surface area contributed by atoms with E-state index in [1.165, 1.54) is 4.90 Å². The van der Waals surface area contributed by atoms with Crippen LogP contribution in [0.2, 0.25) is 0 Å². The van der Waals surface area contributed by atoms with Crippen LogP contribution in [0.25, 0.3) is 0 Å². The molecule has 2 rings (SSSR count). The molecule has 5 nitrogen and oxygen atoms in total. The number of nitrogens with one attached hydrogen (secondary N) is 1. The van der Waals surface area contributed by atoms with Gasteiger partial charge in [0.25, 0.3) is 0 Å². The molecular formula is C15H26N2O3. The van der Waals surface area contributed by atoms with Crippen LogP contribution < -0.4 is 5.32 Å². The summed E-state index contributed by atoms with van der Waals surface area (Å²) in [4.78, 5) is 25.3. The predicted octanol–water partition coefficient (Wildman–Crippen LogP) is 2.60. The van der Waals surface area contributed by atoms with Crippen molar-refractivity contribution in [2.75, 3.05) is 6.54 Å². The topological polar surface area (TPSA) is 69.6 Å². The predicted molar refractivity (Wildman–Crippen MR) is 76.5 cm³/mol. The lowest BCUT2D eigenvalue weighted by atomic mass is 9.92. The summed E-state index contributed by atoms with van der Waals surface area (Å²) in [6.45, 7) is 4.98. The largest absolute Gasteiger partial charge is 0.480 e. The van der Waals surface area contributed by atoms with Crippen LogP contribution in [0.1, 0.15) is 58.8 Å². The molecule has 1 heterocycles. The first-order valence-electron chi connectivity index (χ1n) is 7.69. The Morgan fingerprint density at radius 2 is 1.95 bits per heavy atom. The quantitative estimate of drug-likeness (QED) is 0.818. The molecule has 1 saturated carbocycles. The third-order valence-corrected chi connectivity index (χ3v) is 4.59. The van der Waals surface area contributed by atoms with E-state index >= 15 is 0 Å². The lowest BCUT2D eigenvalue weighted by molar-refractivity contribution is -0.142. The summed E-state index contributed by atoms with van der Waals surface area (Å²) in [5.41, 5.74) is 0.281. The molecule has 114 valence electrons. The smallest absolute Gasteiger partial charge is 0.326 e. The van der Waals surface area contributed by atoms with Crippen molar-refractivity contribution in [1.82, 2.24) is 10.2 Å². The summed E-state index contributed by atoms with van der Waals surface area (Å²) >= 11 is 0. The van der Waals surface area contributed by atoms with Crippen molar-refractivity contribution in [2.24, 2.45) is 5.41 Å². The molecule has 0 radical (unpaired) electrons. The fraction of sp³-hybridized carbons (Fsp3) is 0.867. The number of aliphatic carboxylic acids is 1. The average Bonchev–Trinajstić information content (AvgIpc) is 2.59. The summed E-state index contributed by atoms with van der Waals surface area (Å²) < 4.78 is 0. The van der Waals surface area contributed by atoms with Gasteiger partial charge in [-0.25, -0.2) is 9.59 Å². The SMILES string of the molecule is CC1(C)CCC(NC(=O)N2CCCCCC2C(=O)O)C1.